The second-order valence-electron chi connectivity index (χ2n) is 5.86. The van der Waals surface area contributed by atoms with E-state index in [-0.39, 0.29) is 12.2 Å². The summed E-state index contributed by atoms with van der Waals surface area (Å²) in [6.45, 7) is 3.39. The summed E-state index contributed by atoms with van der Waals surface area (Å²) in [5, 5.41) is 5.08. The molecule has 0 fully saturated rings. The maximum absolute atomic E-state index is 12.1. The highest BCUT2D eigenvalue weighted by Crippen LogP contribution is 2.12. The van der Waals surface area contributed by atoms with Gasteiger partial charge in [0.15, 0.2) is 11.9 Å². The molecule has 0 unspecified atom stereocenters. The Bertz CT molecular complexity index is 660. The normalized spacial score (nSPS) is 11.3. The van der Waals surface area contributed by atoms with E-state index in [1.807, 2.05) is 0 Å². The van der Waals surface area contributed by atoms with Crippen LogP contribution in [0.3, 0.4) is 0 Å². The van der Waals surface area contributed by atoms with Crippen LogP contribution in [-0.4, -0.2) is 36.3 Å². The predicted octanol–water partition coefficient (Wildman–Crippen LogP) is 1.99. The van der Waals surface area contributed by atoms with E-state index in [0.717, 1.165) is 6.42 Å². The molecule has 1 aromatic rings. The third-order valence-electron chi connectivity index (χ3n) is 3.57. The summed E-state index contributed by atoms with van der Waals surface area (Å²) in [7, 11) is 0. The van der Waals surface area contributed by atoms with Gasteiger partial charge in [-0.1, -0.05) is 18.6 Å². The number of primary amides is 1. The number of urea groups is 1. The lowest BCUT2D eigenvalue weighted by Gasteiger charge is -2.14. The summed E-state index contributed by atoms with van der Waals surface area (Å²) in [6.07, 6.45) is 1.27. The zero-order chi connectivity index (χ0) is 19.5. The molecular weight excluding hydrogens is 338 g/mol. The molecule has 1 aromatic carbocycles. The van der Waals surface area contributed by atoms with Crippen LogP contribution in [0.4, 0.5) is 10.5 Å². The molecule has 26 heavy (non-hydrogen) atoms. The second kappa shape index (κ2) is 10.9. The molecule has 8 nitrogen and oxygen atoms in total. The Morgan fingerprint density at radius 3 is 2.54 bits per heavy atom. The Morgan fingerprint density at radius 2 is 1.88 bits per heavy atom. The van der Waals surface area contributed by atoms with Crippen LogP contribution in [0.5, 0.6) is 0 Å². The molecular formula is C18H25N3O5. The first-order valence-corrected chi connectivity index (χ1v) is 8.44. The molecule has 0 heterocycles. The lowest BCUT2D eigenvalue weighted by molar-refractivity contribution is -0.153. The standard InChI is InChI=1S/C18H25N3O5/c1-12(22)14-7-6-8-15(11-14)21-17(24)13(2)26-16(23)9-4-3-5-10-20-18(19)25/h6-8,11,13H,3-5,9-10H2,1-2H3,(H,21,24)(H3,19,20,25)/t13-/m1/s1. The van der Waals surface area contributed by atoms with Gasteiger partial charge in [0.1, 0.15) is 0 Å². The summed E-state index contributed by atoms with van der Waals surface area (Å²) in [5.41, 5.74) is 5.89. The fraction of sp³-hybridized carbons (Fsp3) is 0.444. The molecule has 1 rings (SSSR count). The first-order valence-electron chi connectivity index (χ1n) is 8.44. The highest BCUT2D eigenvalue weighted by Gasteiger charge is 2.18. The SMILES string of the molecule is CC(=O)c1cccc(NC(=O)[C@@H](C)OC(=O)CCCCCNC(N)=O)c1. The van der Waals surface area contributed by atoms with Gasteiger partial charge in [-0.3, -0.25) is 14.4 Å². The minimum absolute atomic E-state index is 0.105. The van der Waals surface area contributed by atoms with Gasteiger partial charge < -0.3 is 21.1 Å². The number of carbonyl (C=O) groups is 4. The maximum atomic E-state index is 12.1. The monoisotopic (exact) mass is 363 g/mol. The third kappa shape index (κ3) is 8.27. The molecule has 0 bridgehead atoms. The van der Waals surface area contributed by atoms with Gasteiger partial charge in [0.05, 0.1) is 0 Å². The molecule has 0 spiro atoms. The number of nitrogens with one attached hydrogen (secondary N) is 2. The largest absolute Gasteiger partial charge is 0.453 e. The molecule has 0 saturated heterocycles. The van der Waals surface area contributed by atoms with Crippen LogP contribution in [0.1, 0.15) is 49.9 Å². The van der Waals surface area contributed by atoms with Crippen LogP contribution in [0, 0.1) is 0 Å². The minimum atomic E-state index is -0.944. The fourth-order valence-electron chi connectivity index (χ4n) is 2.15. The number of hydrogen-bond acceptors (Lipinski definition) is 5. The predicted molar refractivity (Wildman–Crippen MR) is 96.7 cm³/mol. The Labute approximate surface area is 152 Å². The fourth-order valence-corrected chi connectivity index (χ4v) is 2.15. The number of amides is 3. The number of rotatable bonds is 10. The van der Waals surface area contributed by atoms with Crippen molar-refractivity contribution in [1.29, 1.82) is 0 Å². The summed E-state index contributed by atoms with van der Waals surface area (Å²) >= 11 is 0. The number of nitrogens with two attached hydrogens (primary N) is 1. The van der Waals surface area contributed by atoms with Crippen LogP contribution in [0.2, 0.25) is 0 Å². The molecule has 0 aliphatic heterocycles. The molecule has 142 valence electrons. The van der Waals surface area contributed by atoms with E-state index >= 15 is 0 Å². The van der Waals surface area contributed by atoms with E-state index in [4.69, 9.17) is 10.5 Å². The first-order chi connectivity index (χ1) is 12.3. The van der Waals surface area contributed by atoms with Gasteiger partial charge in [-0.2, -0.15) is 0 Å². The smallest absolute Gasteiger partial charge is 0.312 e. The number of carbonyl (C=O) groups excluding carboxylic acids is 4. The summed E-state index contributed by atoms with van der Waals surface area (Å²) in [5.74, 6) is -1.04. The molecule has 0 radical (unpaired) electrons. The third-order valence-corrected chi connectivity index (χ3v) is 3.57. The molecule has 0 aliphatic rings. The van der Waals surface area contributed by atoms with Crippen molar-refractivity contribution in [3.05, 3.63) is 29.8 Å². The lowest BCUT2D eigenvalue weighted by Crippen LogP contribution is -2.30. The van der Waals surface area contributed by atoms with Gasteiger partial charge in [-0.05, 0) is 38.8 Å². The van der Waals surface area contributed by atoms with Crippen molar-refractivity contribution < 1.29 is 23.9 Å². The van der Waals surface area contributed by atoms with Crippen LogP contribution >= 0.6 is 0 Å². The molecule has 1 atom stereocenters. The topological polar surface area (TPSA) is 128 Å². The van der Waals surface area contributed by atoms with Crippen LogP contribution in [0.25, 0.3) is 0 Å². The van der Waals surface area contributed by atoms with Gasteiger partial charge in [0.25, 0.3) is 5.91 Å². The van der Waals surface area contributed by atoms with E-state index in [1.54, 1.807) is 24.3 Å². The summed E-state index contributed by atoms with van der Waals surface area (Å²) in [4.78, 5) is 45.7. The van der Waals surface area contributed by atoms with Gasteiger partial charge in [0, 0.05) is 24.2 Å². The highest BCUT2D eigenvalue weighted by molar-refractivity contribution is 5.98. The number of hydrogen-bond donors (Lipinski definition) is 3. The van der Waals surface area contributed by atoms with Crippen molar-refractivity contribution in [3.8, 4) is 0 Å². The van der Waals surface area contributed by atoms with Crippen molar-refractivity contribution in [1.82, 2.24) is 5.32 Å². The zero-order valence-corrected chi connectivity index (χ0v) is 15.0. The number of ketones is 1. The van der Waals surface area contributed by atoms with Crippen molar-refractivity contribution in [2.45, 2.75) is 45.6 Å². The van der Waals surface area contributed by atoms with Crippen molar-refractivity contribution in [2.75, 3.05) is 11.9 Å². The summed E-state index contributed by atoms with van der Waals surface area (Å²) in [6, 6.07) is 5.96. The number of Topliss-reactive ketones (excluding diaryl/α,β-unsaturated/α-hetero) is 1. The van der Waals surface area contributed by atoms with Crippen molar-refractivity contribution >= 4 is 29.4 Å². The van der Waals surface area contributed by atoms with Gasteiger partial charge in [0.2, 0.25) is 0 Å². The quantitative estimate of drug-likeness (QED) is 0.333. The average molecular weight is 363 g/mol. The van der Waals surface area contributed by atoms with Crippen molar-refractivity contribution in [2.24, 2.45) is 5.73 Å². The molecule has 0 saturated carbocycles. The average Bonchev–Trinajstić information content (AvgIpc) is 2.57. The molecule has 8 heteroatoms. The van der Waals surface area contributed by atoms with E-state index in [0.29, 0.717) is 30.6 Å². The van der Waals surface area contributed by atoms with Crippen LogP contribution in [-0.2, 0) is 14.3 Å². The number of anilines is 1. The van der Waals surface area contributed by atoms with Gasteiger partial charge in [-0.25, -0.2) is 4.79 Å². The van der Waals surface area contributed by atoms with E-state index < -0.39 is 24.0 Å². The van der Waals surface area contributed by atoms with E-state index in [9.17, 15) is 19.2 Å². The summed E-state index contributed by atoms with van der Waals surface area (Å²) < 4.78 is 5.10. The number of benzene rings is 1. The lowest BCUT2D eigenvalue weighted by atomic mass is 10.1. The Morgan fingerprint density at radius 1 is 1.15 bits per heavy atom. The molecule has 4 N–H and O–H groups in total. The maximum Gasteiger partial charge on any atom is 0.312 e. The van der Waals surface area contributed by atoms with Crippen molar-refractivity contribution in [3.63, 3.8) is 0 Å². The first kappa shape index (κ1) is 21.1. The molecule has 0 aliphatic carbocycles. The van der Waals surface area contributed by atoms with E-state index in [2.05, 4.69) is 10.6 Å². The Hall–Kier alpha value is -2.90. The van der Waals surface area contributed by atoms with Crippen LogP contribution < -0.4 is 16.4 Å². The minimum Gasteiger partial charge on any atom is -0.453 e. The van der Waals surface area contributed by atoms with E-state index in [1.165, 1.54) is 13.8 Å². The zero-order valence-electron chi connectivity index (χ0n) is 15.0. The Kier molecular flexibility index (Phi) is 8.83. The van der Waals surface area contributed by atoms with Gasteiger partial charge >= 0.3 is 12.0 Å². The number of ether oxygens (including phenoxy) is 1. The Balaban J connectivity index is 2.33. The number of esters is 1. The number of unbranched alkanes of at least 4 members (excludes halogenated alkanes) is 2. The molecule has 3 amide bonds. The molecule has 0 aromatic heterocycles. The second-order valence-corrected chi connectivity index (χ2v) is 5.86. The highest BCUT2D eigenvalue weighted by atomic mass is 16.5. The van der Waals surface area contributed by atoms with Gasteiger partial charge in [-0.15, -0.1) is 0 Å². The van der Waals surface area contributed by atoms with Crippen LogP contribution in [0.15, 0.2) is 24.3 Å².